The Kier molecular flexibility index (Phi) is 17.8. The fourth-order valence-electron chi connectivity index (χ4n) is 5.07. The average molecular weight is 694 g/mol. The maximum absolute atomic E-state index is 6.59. The zero-order valence-corrected chi connectivity index (χ0v) is 32.2. The van der Waals surface area contributed by atoms with Gasteiger partial charge in [-0.15, -0.1) is 0 Å². The van der Waals surface area contributed by atoms with Crippen molar-refractivity contribution in [3.8, 4) is 0 Å². The van der Waals surface area contributed by atoms with Crippen molar-refractivity contribution >= 4 is 35.4 Å². The largest absolute Gasteiger partial charge is 2.00 e. The Hall–Kier alpha value is -1.62. The quantitative estimate of drug-likeness (QED) is 0.241. The van der Waals surface area contributed by atoms with Crippen LogP contribution in [0.4, 0.5) is 11.4 Å². The number of hydrogen-bond donors (Lipinski definition) is 0. The summed E-state index contributed by atoms with van der Waals surface area (Å²) in [6, 6.07) is 13.0. The molecule has 0 fully saturated rings. The fourth-order valence-corrected chi connectivity index (χ4v) is 5.29. The van der Waals surface area contributed by atoms with E-state index in [0.717, 1.165) is 22.8 Å². The van der Waals surface area contributed by atoms with Gasteiger partial charge in [0, 0.05) is 5.02 Å². The van der Waals surface area contributed by atoms with Crippen LogP contribution in [-0.4, -0.2) is 17.4 Å². The summed E-state index contributed by atoms with van der Waals surface area (Å²) in [4.78, 5) is 14.9. The topological polar surface area (TPSA) is 37.6 Å². The van der Waals surface area contributed by atoms with Crippen LogP contribution in [0.15, 0.2) is 46.4 Å². The first kappa shape index (κ1) is 42.4. The van der Waals surface area contributed by atoms with Gasteiger partial charge in [-0.05, 0) is 81.0 Å². The van der Waals surface area contributed by atoms with E-state index in [-0.39, 0.29) is 43.4 Å². The standard InChI is InChI=1S/C37H50ClN3.2ClH.V/c1-21(2)27-13-32(23(5)6)36(33(14-27)24(7)8)39-19-30-17-29(38)18-31(41-30)20-40-37-34(25(9)10)15-28(22(3)4)16-35(37)26(11)12;;;/h13-26H,1-12H3;2*1H;/q;;;+2/p-2. The normalized spacial score (nSPS) is 11.8. The van der Waals surface area contributed by atoms with Crippen LogP contribution in [0.3, 0.4) is 0 Å². The summed E-state index contributed by atoms with van der Waals surface area (Å²) in [5, 5.41) is 0.620. The van der Waals surface area contributed by atoms with Gasteiger partial charge in [-0.3, -0.25) is 9.98 Å². The van der Waals surface area contributed by atoms with E-state index in [4.69, 9.17) is 26.6 Å². The van der Waals surface area contributed by atoms with Gasteiger partial charge in [-0.1, -0.05) is 119 Å². The van der Waals surface area contributed by atoms with Gasteiger partial charge >= 0.3 is 18.6 Å². The number of benzene rings is 2. The summed E-state index contributed by atoms with van der Waals surface area (Å²) in [5.74, 6) is 2.38. The fraction of sp³-hybridized carbons (Fsp3) is 0.486. The maximum Gasteiger partial charge on any atom is 2.00 e. The van der Waals surface area contributed by atoms with Crippen LogP contribution in [-0.2, 0) is 18.6 Å². The van der Waals surface area contributed by atoms with Crippen molar-refractivity contribution < 1.29 is 43.4 Å². The third kappa shape index (κ3) is 10.7. The molecule has 0 saturated carbocycles. The molecule has 0 unspecified atom stereocenters. The van der Waals surface area contributed by atoms with Gasteiger partial charge in [0.25, 0.3) is 0 Å². The van der Waals surface area contributed by atoms with Gasteiger partial charge in [-0.25, -0.2) is 4.98 Å². The molecular weight excluding hydrogens is 644 g/mol. The molecule has 0 aliphatic carbocycles. The third-order valence-corrected chi connectivity index (χ3v) is 7.90. The molecule has 0 saturated heterocycles. The number of hydrogen-bond acceptors (Lipinski definition) is 3. The Morgan fingerprint density at radius 2 is 0.773 bits per heavy atom. The van der Waals surface area contributed by atoms with E-state index in [1.807, 2.05) is 24.6 Å². The van der Waals surface area contributed by atoms with Gasteiger partial charge < -0.3 is 24.8 Å². The zero-order chi connectivity index (χ0) is 30.6. The Morgan fingerprint density at radius 3 is 1.00 bits per heavy atom. The van der Waals surface area contributed by atoms with Crippen molar-refractivity contribution in [2.75, 3.05) is 0 Å². The van der Waals surface area contributed by atoms with Gasteiger partial charge in [-0.2, -0.15) is 0 Å². The van der Waals surface area contributed by atoms with Crippen LogP contribution >= 0.6 is 11.6 Å². The van der Waals surface area contributed by atoms with E-state index in [1.54, 1.807) is 0 Å². The van der Waals surface area contributed by atoms with E-state index in [1.165, 1.54) is 33.4 Å². The SMILES string of the molecule is CC(C)c1cc(C(C)C)c(N=Cc2cc(Cl)cc(C=Nc3c(C(C)C)cc(C(C)C)cc3C(C)C)n2)c(C(C)C)c1.[Cl-].[Cl-].[V+2]. The number of aromatic nitrogens is 1. The Balaban J connectivity index is 0.00000616. The van der Waals surface area contributed by atoms with Crippen molar-refractivity contribution in [3.63, 3.8) is 0 Å². The molecule has 0 aliphatic rings. The molecule has 0 spiro atoms. The molecule has 0 amide bonds. The molecule has 0 bridgehead atoms. The number of pyridine rings is 1. The molecule has 0 atom stereocenters. The van der Waals surface area contributed by atoms with Crippen LogP contribution in [0.25, 0.3) is 0 Å². The molecule has 2 aromatic carbocycles. The van der Waals surface area contributed by atoms with E-state index in [9.17, 15) is 0 Å². The van der Waals surface area contributed by atoms with Crippen molar-refractivity contribution in [3.05, 3.63) is 86.2 Å². The molecule has 239 valence electrons. The summed E-state index contributed by atoms with van der Waals surface area (Å²) < 4.78 is 0. The van der Waals surface area contributed by atoms with E-state index in [2.05, 4.69) is 107 Å². The molecule has 7 heteroatoms. The van der Waals surface area contributed by atoms with Crippen LogP contribution in [0.1, 0.15) is 163 Å². The maximum atomic E-state index is 6.59. The average Bonchev–Trinajstić information content (AvgIpc) is 2.88. The number of nitrogens with zero attached hydrogens (tertiary/aromatic N) is 3. The molecule has 3 aromatic rings. The van der Waals surface area contributed by atoms with Gasteiger partial charge in [0.05, 0.1) is 35.2 Å². The van der Waals surface area contributed by atoms with Crippen molar-refractivity contribution in [2.24, 2.45) is 9.98 Å². The van der Waals surface area contributed by atoms with Gasteiger partial charge in [0.15, 0.2) is 0 Å². The second-order valence-electron chi connectivity index (χ2n) is 13.2. The third-order valence-electron chi connectivity index (χ3n) is 7.69. The van der Waals surface area contributed by atoms with E-state index >= 15 is 0 Å². The van der Waals surface area contributed by atoms with Gasteiger partial charge in [0.1, 0.15) is 0 Å². The number of aliphatic imine (C=N–C) groups is 2. The van der Waals surface area contributed by atoms with Crippen LogP contribution in [0, 0.1) is 0 Å². The first-order valence-corrected chi connectivity index (χ1v) is 15.7. The Bertz CT molecular complexity index is 1260. The summed E-state index contributed by atoms with van der Waals surface area (Å²) in [7, 11) is 0. The zero-order valence-electron chi connectivity index (χ0n) is 28.5. The first-order valence-electron chi connectivity index (χ1n) is 15.3. The minimum Gasteiger partial charge on any atom is -1.00 e. The summed E-state index contributed by atoms with van der Waals surface area (Å²) in [6.45, 7) is 26.9. The molecule has 3 nitrogen and oxygen atoms in total. The van der Waals surface area contributed by atoms with Gasteiger partial charge in [0.2, 0.25) is 0 Å². The Labute approximate surface area is 296 Å². The van der Waals surface area contributed by atoms with E-state index in [0.29, 0.717) is 40.5 Å². The molecule has 3 rings (SSSR count). The monoisotopic (exact) mass is 692 g/mol. The second kappa shape index (κ2) is 18.5. The first-order chi connectivity index (χ1) is 19.2. The van der Waals surface area contributed by atoms with Crippen LogP contribution < -0.4 is 24.8 Å². The minimum absolute atomic E-state index is 0. The van der Waals surface area contributed by atoms with Crippen molar-refractivity contribution in [1.82, 2.24) is 4.98 Å². The number of halogens is 3. The molecule has 0 N–H and O–H groups in total. The molecular formula is C37H50Cl3N3V. The molecule has 0 aliphatic heterocycles. The molecule has 44 heavy (non-hydrogen) atoms. The Morgan fingerprint density at radius 1 is 0.500 bits per heavy atom. The predicted octanol–water partition coefficient (Wildman–Crippen LogP) is 5.98. The molecule has 1 heterocycles. The van der Waals surface area contributed by atoms with Crippen LogP contribution in [0.5, 0.6) is 0 Å². The summed E-state index contributed by atoms with van der Waals surface area (Å²) in [6.07, 6.45) is 3.70. The minimum atomic E-state index is 0. The van der Waals surface area contributed by atoms with Crippen molar-refractivity contribution in [1.29, 1.82) is 0 Å². The van der Waals surface area contributed by atoms with E-state index < -0.39 is 0 Å². The van der Waals surface area contributed by atoms with Crippen molar-refractivity contribution in [2.45, 2.75) is 119 Å². The number of rotatable bonds is 10. The smallest absolute Gasteiger partial charge is 1.00 e. The molecule has 1 radical (unpaired) electrons. The predicted molar refractivity (Wildman–Crippen MR) is 181 cm³/mol. The second-order valence-corrected chi connectivity index (χ2v) is 13.6. The summed E-state index contributed by atoms with van der Waals surface area (Å²) in [5.41, 5.74) is 11.3. The van der Waals surface area contributed by atoms with Crippen LogP contribution in [0.2, 0.25) is 5.02 Å². The molecule has 1 aromatic heterocycles. The summed E-state index contributed by atoms with van der Waals surface area (Å²) >= 11 is 6.59.